The fraction of sp³-hybridized carbons (Fsp3) is 0.353. The van der Waals surface area contributed by atoms with Crippen LogP contribution in [-0.2, 0) is 10.1 Å². The predicted molar refractivity (Wildman–Crippen MR) is 165 cm³/mol. The molecule has 0 heterocycles. The van der Waals surface area contributed by atoms with E-state index in [1.165, 1.54) is 69.1 Å². The van der Waals surface area contributed by atoms with Crippen molar-refractivity contribution in [3.05, 3.63) is 90.5 Å². The van der Waals surface area contributed by atoms with Gasteiger partial charge in [-0.3, -0.25) is 4.55 Å². The minimum absolute atomic E-state index is 0.168. The third-order valence-corrected chi connectivity index (χ3v) is 8.40. The van der Waals surface area contributed by atoms with Crippen LogP contribution < -0.4 is 0 Å². The minimum Gasteiger partial charge on any atom is -0.282 e. The molecule has 0 fully saturated rings. The molecule has 0 bridgehead atoms. The Labute approximate surface area is 239 Å². The third-order valence-electron chi connectivity index (χ3n) is 7.54. The van der Waals surface area contributed by atoms with Crippen LogP contribution in [0.25, 0.3) is 21.9 Å². The number of fused-ring (bicyclic) bond motifs is 1. The third kappa shape index (κ3) is 7.86. The Morgan fingerprint density at radius 2 is 1.38 bits per heavy atom. The van der Waals surface area contributed by atoms with Gasteiger partial charge in [-0.05, 0) is 53.1 Å². The molecule has 0 amide bonds. The standard InChI is InChI=1S/C34H40N2O3S/c1-3-4-5-6-7-8-9-11-16-26(2)32-25-28-19-14-15-20-31(28)34(33(32)27-17-12-10-13-18-27)36-35-29-21-23-30(24-22-29)40(37,38)39/h10,12-15,17-26H,3-9,11,16H2,1-2H3,(H,37,38,39). The molecule has 0 spiro atoms. The number of azo groups is 1. The van der Waals surface area contributed by atoms with Gasteiger partial charge in [-0.1, -0.05) is 126 Å². The molecule has 0 aliphatic rings. The average Bonchev–Trinajstić information content (AvgIpc) is 2.97. The summed E-state index contributed by atoms with van der Waals surface area (Å²) in [6.45, 7) is 4.57. The second-order valence-electron chi connectivity index (χ2n) is 10.6. The Hall–Kier alpha value is -3.35. The van der Waals surface area contributed by atoms with Crippen molar-refractivity contribution < 1.29 is 13.0 Å². The molecule has 40 heavy (non-hydrogen) atoms. The molecular formula is C34H40N2O3S. The van der Waals surface area contributed by atoms with Gasteiger partial charge in [0.15, 0.2) is 0 Å². The molecule has 4 aromatic carbocycles. The van der Waals surface area contributed by atoms with E-state index in [0.717, 1.165) is 34.0 Å². The van der Waals surface area contributed by atoms with Crippen molar-refractivity contribution in [3.63, 3.8) is 0 Å². The number of benzene rings is 4. The zero-order valence-electron chi connectivity index (χ0n) is 23.6. The van der Waals surface area contributed by atoms with Gasteiger partial charge in [0.1, 0.15) is 5.69 Å². The second kappa shape index (κ2) is 14.3. The Bertz CT molecular complexity index is 1510. The normalized spacial score (nSPS) is 12.8. The lowest BCUT2D eigenvalue weighted by atomic mass is 9.85. The minimum atomic E-state index is -4.26. The first-order valence-corrected chi connectivity index (χ1v) is 15.9. The molecule has 0 saturated carbocycles. The summed E-state index contributed by atoms with van der Waals surface area (Å²) in [6, 6.07) is 26.7. The van der Waals surface area contributed by atoms with Crippen LogP contribution in [-0.4, -0.2) is 13.0 Å². The molecule has 6 heteroatoms. The molecule has 0 aliphatic heterocycles. The van der Waals surface area contributed by atoms with E-state index in [2.05, 4.69) is 49.3 Å². The summed E-state index contributed by atoms with van der Waals surface area (Å²) in [5.41, 5.74) is 4.77. The Morgan fingerprint density at radius 1 is 0.750 bits per heavy atom. The molecule has 1 unspecified atom stereocenters. The number of rotatable bonds is 14. The van der Waals surface area contributed by atoms with Crippen LogP contribution in [0, 0.1) is 0 Å². The van der Waals surface area contributed by atoms with Crippen molar-refractivity contribution in [2.45, 2.75) is 82.4 Å². The largest absolute Gasteiger partial charge is 0.294 e. The van der Waals surface area contributed by atoms with E-state index >= 15 is 0 Å². The molecule has 4 rings (SSSR count). The lowest BCUT2D eigenvalue weighted by molar-refractivity contribution is 0.483. The molecule has 4 aromatic rings. The van der Waals surface area contributed by atoms with Crippen molar-refractivity contribution >= 4 is 32.3 Å². The number of hydrogen-bond acceptors (Lipinski definition) is 4. The van der Waals surface area contributed by atoms with E-state index in [9.17, 15) is 13.0 Å². The van der Waals surface area contributed by atoms with Gasteiger partial charge < -0.3 is 0 Å². The predicted octanol–water partition coefficient (Wildman–Crippen LogP) is 10.8. The van der Waals surface area contributed by atoms with Gasteiger partial charge in [-0.15, -0.1) is 5.11 Å². The highest BCUT2D eigenvalue weighted by Crippen LogP contribution is 2.44. The SMILES string of the molecule is CCCCCCCCCCC(C)c1cc2ccccc2c(N=Nc2ccc(S(=O)(=O)O)cc2)c1-c1ccccc1. The van der Waals surface area contributed by atoms with Crippen LogP contribution in [0.3, 0.4) is 0 Å². The Morgan fingerprint density at radius 3 is 2.05 bits per heavy atom. The van der Waals surface area contributed by atoms with Gasteiger partial charge in [0.05, 0.1) is 10.6 Å². The number of nitrogens with zero attached hydrogens (tertiary/aromatic N) is 2. The molecule has 0 aliphatic carbocycles. The fourth-order valence-electron chi connectivity index (χ4n) is 5.28. The summed E-state index contributed by atoms with van der Waals surface area (Å²) < 4.78 is 32.2. The van der Waals surface area contributed by atoms with Crippen molar-refractivity contribution in [2.24, 2.45) is 10.2 Å². The van der Waals surface area contributed by atoms with Gasteiger partial charge in [-0.25, -0.2) is 0 Å². The first kappa shape index (κ1) is 29.6. The summed E-state index contributed by atoms with van der Waals surface area (Å²) in [5.74, 6) is 0.350. The summed E-state index contributed by atoms with van der Waals surface area (Å²) in [6.07, 6.45) is 11.5. The van der Waals surface area contributed by atoms with Crippen LogP contribution >= 0.6 is 0 Å². The molecule has 0 saturated heterocycles. The monoisotopic (exact) mass is 556 g/mol. The molecule has 0 radical (unpaired) electrons. The summed E-state index contributed by atoms with van der Waals surface area (Å²) >= 11 is 0. The lowest BCUT2D eigenvalue weighted by Gasteiger charge is -2.20. The van der Waals surface area contributed by atoms with Gasteiger partial charge in [0.25, 0.3) is 10.1 Å². The van der Waals surface area contributed by atoms with Gasteiger partial charge >= 0.3 is 0 Å². The second-order valence-corrected chi connectivity index (χ2v) is 12.0. The highest BCUT2D eigenvalue weighted by Gasteiger charge is 2.19. The van der Waals surface area contributed by atoms with E-state index in [1.54, 1.807) is 12.1 Å². The van der Waals surface area contributed by atoms with E-state index in [4.69, 9.17) is 5.11 Å². The molecule has 0 aromatic heterocycles. The highest BCUT2D eigenvalue weighted by atomic mass is 32.2. The average molecular weight is 557 g/mol. The van der Waals surface area contributed by atoms with Crippen molar-refractivity contribution in [2.75, 3.05) is 0 Å². The van der Waals surface area contributed by atoms with E-state index in [-0.39, 0.29) is 4.90 Å². The smallest absolute Gasteiger partial charge is 0.282 e. The maximum absolute atomic E-state index is 11.4. The number of unbranched alkanes of at least 4 members (excludes halogenated alkanes) is 7. The summed E-state index contributed by atoms with van der Waals surface area (Å²) in [4.78, 5) is -0.168. The summed E-state index contributed by atoms with van der Waals surface area (Å²) in [5, 5.41) is 11.4. The maximum atomic E-state index is 11.4. The van der Waals surface area contributed by atoms with Crippen molar-refractivity contribution in [1.29, 1.82) is 0 Å². The molecule has 5 nitrogen and oxygen atoms in total. The maximum Gasteiger partial charge on any atom is 0.294 e. The van der Waals surface area contributed by atoms with E-state index < -0.39 is 10.1 Å². The highest BCUT2D eigenvalue weighted by molar-refractivity contribution is 7.85. The van der Waals surface area contributed by atoms with Crippen LogP contribution in [0.5, 0.6) is 0 Å². The molecule has 1 N–H and O–H groups in total. The fourth-order valence-corrected chi connectivity index (χ4v) is 5.76. The number of hydrogen-bond donors (Lipinski definition) is 1. The van der Waals surface area contributed by atoms with Crippen LogP contribution in [0.2, 0.25) is 0 Å². The van der Waals surface area contributed by atoms with Crippen LogP contribution in [0.1, 0.15) is 83.1 Å². The first-order chi connectivity index (χ1) is 19.4. The van der Waals surface area contributed by atoms with Gasteiger partial charge in [-0.2, -0.15) is 13.5 Å². The van der Waals surface area contributed by atoms with Gasteiger partial charge in [0, 0.05) is 10.9 Å². The van der Waals surface area contributed by atoms with E-state index in [1.807, 2.05) is 30.3 Å². The topological polar surface area (TPSA) is 79.1 Å². The van der Waals surface area contributed by atoms with Crippen LogP contribution in [0.4, 0.5) is 11.4 Å². The molecular weight excluding hydrogens is 516 g/mol. The lowest BCUT2D eigenvalue weighted by Crippen LogP contribution is -1.99. The van der Waals surface area contributed by atoms with Gasteiger partial charge in [0.2, 0.25) is 0 Å². The van der Waals surface area contributed by atoms with Crippen molar-refractivity contribution in [1.82, 2.24) is 0 Å². The van der Waals surface area contributed by atoms with Crippen molar-refractivity contribution in [3.8, 4) is 11.1 Å². The zero-order valence-corrected chi connectivity index (χ0v) is 24.4. The molecule has 1 atom stereocenters. The summed E-state index contributed by atoms with van der Waals surface area (Å²) in [7, 11) is -4.26. The van der Waals surface area contributed by atoms with E-state index in [0.29, 0.717) is 11.6 Å². The quantitative estimate of drug-likeness (QED) is 0.0953. The first-order valence-electron chi connectivity index (χ1n) is 14.5. The van der Waals surface area contributed by atoms with Crippen LogP contribution in [0.15, 0.2) is 100 Å². The zero-order chi connectivity index (χ0) is 28.4. The molecule has 210 valence electrons. The Balaban J connectivity index is 1.67. The Kier molecular flexibility index (Phi) is 10.6.